The minimum Gasteiger partial charge on any atom is -0.258 e. The van der Waals surface area contributed by atoms with Crippen molar-refractivity contribution in [2.45, 2.75) is 12.5 Å². The van der Waals surface area contributed by atoms with E-state index in [1.807, 2.05) is 0 Å². The van der Waals surface area contributed by atoms with Gasteiger partial charge in [0.1, 0.15) is 0 Å². The van der Waals surface area contributed by atoms with E-state index < -0.39 is 22.4 Å². The Morgan fingerprint density at radius 1 is 1.40 bits per heavy atom. The van der Waals surface area contributed by atoms with Crippen molar-refractivity contribution >= 4 is 13.5 Å². The molecule has 0 aliphatic rings. The summed E-state index contributed by atoms with van der Waals surface area (Å²) in [4.78, 5) is 9.41. The molecule has 0 fully saturated rings. The summed E-state index contributed by atoms with van der Waals surface area (Å²) in [5.74, 6) is 0. The van der Waals surface area contributed by atoms with E-state index in [0.29, 0.717) is 6.07 Å². The summed E-state index contributed by atoms with van der Waals surface area (Å²) in [6, 6.07) is 2.50. The quantitative estimate of drug-likeness (QED) is 0.431. The van der Waals surface area contributed by atoms with Gasteiger partial charge in [-0.2, -0.15) is 13.2 Å². The number of halogens is 3. The average Bonchev–Trinajstić information content (AvgIpc) is 2.15. The van der Waals surface area contributed by atoms with E-state index >= 15 is 0 Å². The summed E-state index contributed by atoms with van der Waals surface area (Å²) in [6.07, 6.45) is -4.94. The third kappa shape index (κ3) is 2.48. The monoisotopic (exact) mass is 215 g/mol. The standard InChI is InChI=1S/C8H5BF3NO2/c9-4-5-1-2-6(13(14)15)3-7(5)8(10,11)12/h1-3H,4H2. The molecule has 0 saturated heterocycles. The molecule has 78 valence electrons. The number of nitro benzene ring substituents is 1. The van der Waals surface area contributed by atoms with Crippen LogP contribution < -0.4 is 0 Å². The van der Waals surface area contributed by atoms with Crippen LogP contribution in [0.5, 0.6) is 0 Å². The van der Waals surface area contributed by atoms with Gasteiger partial charge in [0, 0.05) is 12.1 Å². The number of benzene rings is 1. The molecule has 0 bridgehead atoms. The number of hydrogen-bond donors (Lipinski definition) is 0. The highest BCUT2D eigenvalue weighted by molar-refractivity contribution is 6.08. The lowest BCUT2D eigenvalue weighted by atomic mass is 9.92. The Kier molecular flexibility index (Phi) is 3.02. The summed E-state index contributed by atoms with van der Waals surface area (Å²) >= 11 is 0. The van der Waals surface area contributed by atoms with Crippen molar-refractivity contribution < 1.29 is 18.1 Å². The molecule has 0 spiro atoms. The lowest BCUT2D eigenvalue weighted by molar-refractivity contribution is -0.385. The summed E-state index contributed by atoms with van der Waals surface area (Å²) in [5.41, 5.74) is -1.81. The second-order valence-corrected chi connectivity index (χ2v) is 2.80. The highest BCUT2D eigenvalue weighted by atomic mass is 19.4. The van der Waals surface area contributed by atoms with E-state index in [2.05, 4.69) is 0 Å². The van der Waals surface area contributed by atoms with Crippen LogP contribution in [0.15, 0.2) is 18.2 Å². The van der Waals surface area contributed by atoms with Gasteiger partial charge >= 0.3 is 6.18 Å². The van der Waals surface area contributed by atoms with Crippen molar-refractivity contribution in [2.75, 3.05) is 0 Å². The Bertz CT molecular complexity index is 392. The molecular formula is C8H5BF3NO2. The molecule has 1 aromatic carbocycles. The van der Waals surface area contributed by atoms with Crippen LogP contribution in [0, 0.1) is 10.1 Å². The molecule has 0 aliphatic heterocycles. The van der Waals surface area contributed by atoms with E-state index in [0.717, 1.165) is 12.1 Å². The van der Waals surface area contributed by atoms with E-state index in [9.17, 15) is 23.3 Å². The van der Waals surface area contributed by atoms with Crippen molar-refractivity contribution in [3.63, 3.8) is 0 Å². The highest BCUT2D eigenvalue weighted by Crippen LogP contribution is 2.34. The number of nitro groups is 1. The van der Waals surface area contributed by atoms with Crippen LogP contribution >= 0.6 is 0 Å². The molecule has 0 aliphatic carbocycles. The molecule has 7 heteroatoms. The van der Waals surface area contributed by atoms with E-state index in [4.69, 9.17) is 7.85 Å². The fraction of sp³-hybridized carbons (Fsp3) is 0.250. The van der Waals surface area contributed by atoms with Gasteiger partial charge in [0.05, 0.1) is 18.3 Å². The van der Waals surface area contributed by atoms with Gasteiger partial charge in [0.15, 0.2) is 0 Å². The molecule has 0 atom stereocenters. The van der Waals surface area contributed by atoms with Crippen LogP contribution in [-0.2, 0) is 12.5 Å². The molecule has 0 N–H and O–H groups in total. The molecule has 1 rings (SSSR count). The van der Waals surface area contributed by atoms with Crippen LogP contribution in [-0.4, -0.2) is 12.8 Å². The first kappa shape index (κ1) is 11.5. The first-order chi connectivity index (χ1) is 6.86. The third-order valence-corrected chi connectivity index (χ3v) is 1.83. The van der Waals surface area contributed by atoms with Gasteiger partial charge in [0.25, 0.3) is 5.69 Å². The molecule has 0 amide bonds. The SMILES string of the molecule is [B]Cc1ccc([N+](=O)[O-])cc1C(F)(F)F. The Morgan fingerprint density at radius 3 is 2.40 bits per heavy atom. The number of hydrogen-bond acceptors (Lipinski definition) is 2. The maximum Gasteiger partial charge on any atom is 0.416 e. The van der Waals surface area contributed by atoms with E-state index in [1.54, 1.807) is 0 Å². The first-order valence-corrected chi connectivity index (χ1v) is 3.91. The first-order valence-electron chi connectivity index (χ1n) is 3.91. The summed E-state index contributed by atoms with van der Waals surface area (Å²) in [6.45, 7) is 0. The van der Waals surface area contributed by atoms with E-state index in [1.165, 1.54) is 0 Å². The second kappa shape index (κ2) is 3.92. The Balaban J connectivity index is 3.32. The van der Waals surface area contributed by atoms with Crippen molar-refractivity contribution in [2.24, 2.45) is 0 Å². The van der Waals surface area contributed by atoms with Gasteiger partial charge < -0.3 is 0 Å². The number of alkyl halides is 3. The smallest absolute Gasteiger partial charge is 0.258 e. The van der Waals surface area contributed by atoms with Crippen molar-refractivity contribution in [3.8, 4) is 0 Å². The van der Waals surface area contributed by atoms with Gasteiger partial charge in [-0.3, -0.25) is 10.1 Å². The largest absolute Gasteiger partial charge is 0.416 e. The lowest BCUT2D eigenvalue weighted by Gasteiger charge is -2.10. The minimum atomic E-state index is -4.62. The molecule has 15 heavy (non-hydrogen) atoms. The van der Waals surface area contributed by atoms with Gasteiger partial charge in [0.2, 0.25) is 0 Å². The number of non-ortho nitro benzene ring substituents is 1. The highest BCUT2D eigenvalue weighted by Gasteiger charge is 2.34. The molecule has 0 unspecified atom stereocenters. The minimum absolute atomic E-state index is 0.159. The second-order valence-electron chi connectivity index (χ2n) is 2.80. The fourth-order valence-electron chi connectivity index (χ4n) is 1.12. The lowest BCUT2D eigenvalue weighted by Crippen LogP contribution is -2.10. The molecule has 0 heterocycles. The zero-order valence-electron chi connectivity index (χ0n) is 7.41. The van der Waals surface area contributed by atoms with Crippen LogP contribution in [0.4, 0.5) is 18.9 Å². The average molecular weight is 215 g/mol. The van der Waals surface area contributed by atoms with Crippen molar-refractivity contribution in [3.05, 3.63) is 39.4 Å². The number of rotatable bonds is 2. The maximum absolute atomic E-state index is 12.4. The summed E-state index contributed by atoms with van der Waals surface area (Å²) < 4.78 is 37.2. The molecule has 2 radical (unpaired) electrons. The zero-order valence-corrected chi connectivity index (χ0v) is 7.41. The van der Waals surface area contributed by atoms with E-state index in [-0.39, 0.29) is 11.9 Å². The molecule has 3 nitrogen and oxygen atoms in total. The van der Waals surface area contributed by atoms with Crippen molar-refractivity contribution in [1.29, 1.82) is 0 Å². The third-order valence-electron chi connectivity index (χ3n) is 1.83. The zero-order chi connectivity index (χ0) is 11.6. The van der Waals surface area contributed by atoms with Crippen LogP contribution in [0.1, 0.15) is 11.1 Å². The molecule has 0 aromatic heterocycles. The molecule has 0 saturated carbocycles. The number of nitrogens with zero attached hydrogens (tertiary/aromatic N) is 1. The van der Waals surface area contributed by atoms with Crippen LogP contribution in [0.25, 0.3) is 0 Å². The maximum atomic E-state index is 12.4. The van der Waals surface area contributed by atoms with Crippen molar-refractivity contribution in [1.82, 2.24) is 0 Å². The molecule has 1 aromatic rings. The fourth-order valence-corrected chi connectivity index (χ4v) is 1.12. The Morgan fingerprint density at radius 2 is 2.00 bits per heavy atom. The van der Waals surface area contributed by atoms with Gasteiger partial charge in [-0.1, -0.05) is 12.4 Å². The predicted octanol–water partition coefficient (Wildman–Crippen LogP) is 2.28. The van der Waals surface area contributed by atoms with Gasteiger partial charge in [-0.15, -0.1) is 0 Å². The summed E-state index contributed by atoms with van der Waals surface area (Å²) in [5, 5.41) is 10.3. The Labute approximate surface area is 84.5 Å². The molecular weight excluding hydrogens is 210 g/mol. The topological polar surface area (TPSA) is 43.1 Å². The van der Waals surface area contributed by atoms with Crippen LogP contribution in [0.3, 0.4) is 0 Å². The van der Waals surface area contributed by atoms with Crippen LogP contribution in [0.2, 0.25) is 0 Å². The van der Waals surface area contributed by atoms with Gasteiger partial charge in [-0.25, -0.2) is 0 Å². The normalized spacial score (nSPS) is 11.4. The van der Waals surface area contributed by atoms with Gasteiger partial charge in [-0.05, 0) is 5.56 Å². The summed E-state index contributed by atoms with van der Waals surface area (Å²) in [7, 11) is 5.10. The predicted molar refractivity (Wildman–Crippen MR) is 47.6 cm³/mol. The Hall–Kier alpha value is -1.53.